The van der Waals surface area contributed by atoms with Crippen molar-refractivity contribution in [2.75, 3.05) is 0 Å². The first-order valence-electron chi connectivity index (χ1n) is 9.35. The Morgan fingerprint density at radius 2 is 1.67 bits per heavy atom. The summed E-state index contributed by atoms with van der Waals surface area (Å²) < 4.78 is 7.85. The Kier molecular flexibility index (Phi) is 4.13. The third-order valence-electron chi connectivity index (χ3n) is 4.96. The minimum atomic E-state index is 0.00502. The highest BCUT2D eigenvalue weighted by Gasteiger charge is 2.17. The smallest absolute Gasteiger partial charge is 0.156 e. The first kappa shape index (κ1) is 17.5. The number of rotatable bonds is 3. The van der Waals surface area contributed by atoms with Crippen molar-refractivity contribution in [3.63, 3.8) is 0 Å². The predicted octanol–water partition coefficient (Wildman–Crippen LogP) is 5.87. The van der Waals surface area contributed by atoms with Crippen LogP contribution in [0, 0.1) is 22.7 Å². The first-order valence-corrected chi connectivity index (χ1v) is 9.35. The number of fused-ring (bicyclic) bond motifs is 3. The van der Waals surface area contributed by atoms with E-state index < -0.39 is 0 Å². The molecule has 0 spiro atoms. The molecule has 0 saturated carbocycles. The fourth-order valence-electron chi connectivity index (χ4n) is 3.55. The largest absolute Gasteiger partial charge is 0.454 e. The Bertz CT molecular complexity index is 1490. The van der Waals surface area contributed by atoms with Crippen LogP contribution < -0.4 is 0 Å². The molecule has 0 N–H and O–H groups in total. The topological polar surface area (TPSA) is 78.5 Å². The van der Waals surface area contributed by atoms with E-state index in [0.717, 1.165) is 27.4 Å². The van der Waals surface area contributed by atoms with Crippen LogP contribution in [0.4, 0.5) is 0 Å². The number of hydrogen-bond donors (Lipinski definition) is 0. The Labute approximate surface area is 172 Å². The number of nitriles is 2. The summed E-state index contributed by atoms with van der Waals surface area (Å²) in [5.74, 6) is 0.581. The van der Waals surface area contributed by atoms with Crippen molar-refractivity contribution in [1.82, 2.24) is 9.78 Å². The maximum Gasteiger partial charge on any atom is 0.156 e. The van der Waals surface area contributed by atoms with Crippen LogP contribution in [0.25, 0.3) is 45.0 Å². The lowest BCUT2D eigenvalue weighted by Crippen LogP contribution is -1.93. The number of allylic oxidation sites excluding steroid dienone is 1. The Morgan fingerprint density at radius 1 is 0.900 bits per heavy atom. The number of benzene rings is 3. The lowest BCUT2D eigenvalue weighted by atomic mass is 10.1. The summed E-state index contributed by atoms with van der Waals surface area (Å²) in [6.07, 6.45) is 3.33. The minimum Gasteiger partial charge on any atom is -0.454 e. The molecule has 0 saturated heterocycles. The molecule has 5 aromatic rings. The number of nitrogens with zero attached hydrogens (tertiary/aromatic N) is 4. The van der Waals surface area contributed by atoms with E-state index in [1.165, 1.54) is 6.08 Å². The molecule has 2 heterocycles. The summed E-state index contributed by atoms with van der Waals surface area (Å²) in [5, 5.41) is 26.4. The minimum absolute atomic E-state index is 0.00502. The van der Waals surface area contributed by atoms with E-state index in [9.17, 15) is 10.5 Å². The molecule has 5 nitrogen and oxygen atoms in total. The van der Waals surface area contributed by atoms with Crippen molar-refractivity contribution < 1.29 is 4.42 Å². The second-order valence-corrected chi connectivity index (χ2v) is 6.80. The van der Waals surface area contributed by atoms with Gasteiger partial charge in [-0.15, -0.1) is 0 Å². The van der Waals surface area contributed by atoms with Gasteiger partial charge in [-0.3, -0.25) is 0 Å². The van der Waals surface area contributed by atoms with Crippen LogP contribution in [0.2, 0.25) is 0 Å². The summed E-state index contributed by atoms with van der Waals surface area (Å²) in [5.41, 5.74) is 2.84. The van der Waals surface area contributed by atoms with E-state index in [4.69, 9.17) is 9.52 Å². The van der Waals surface area contributed by atoms with Gasteiger partial charge in [0, 0.05) is 17.1 Å². The number of hydrogen-bond acceptors (Lipinski definition) is 4. The van der Waals surface area contributed by atoms with E-state index in [-0.39, 0.29) is 5.57 Å². The molecule has 0 aliphatic carbocycles. The third-order valence-corrected chi connectivity index (χ3v) is 4.96. The van der Waals surface area contributed by atoms with Gasteiger partial charge in [-0.1, -0.05) is 48.5 Å². The van der Waals surface area contributed by atoms with Crippen molar-refractivity contribution in [3.05, 3.63) is 90.1 Å². The highest BCUT2D eigenvalue weighted by atomic mass is 16.3. The Balaban J connectivity index is 1.74. The Morgan fingerprint density at radius 3 is 2.47 bits per heavy atom. The fourth-order valence-corrected chi connectivity index (χ4v) is 3.55. The molecule has 140 valence electrons. The maximum absolute atomic E-state index is 9.21. The first-order chi connectivity index (χ1) is 14.8. The molecule has 5 heteroatoms. The molecular weight excluding hydrogens is 372 g/mol. The van der Waals surface area contributed by atoms with Gasteiger partial charge in [-0.05, 0) is 41.1 Å². The molecule has 0 atom stereocenters. The zero-order valence-electron chi connectivity index (χ0n) is 15.8. The van der Waals surface area contributed by atoms with E-state index >= 15 is 0 Å². The van der Waals surface area contributed by atoms with Gasteiger partial charge in [-0.25, -0.2) is 4.68 Å². The monoisotopic (exact) mass is 386 g/mol. The predicted molar refractivity (Wildman–Crippen MR) is 115 cm³/mol. The van der Waals surface area contributed by atoms with Gasteiger partial charge in [0.25, 0.3) is 0 Å². The highest BCUT2D eigenvalue weighted by molar-refractivity contribution is 6.07. The molecule has 0 amide bonds. The SMILES string of the molecule is N#CC(C#N)=Cc1cn(-c2ccccc2)nc1-c1cc2c(ccc3ccccc32)o1. The molecule has 0 bridgehead atoms. The number of furan rings is 1. The summed E-state index contributed by atoms with van der Waals surface area (Å²) >= 11 is 0. The zero-order valence-corrected chi connectivity index (χ0v) is 15.8. The van der Waals surface area contributed by atoms with Crippen LogP contribution in [0.15, 0.2) is 89.0 Å². The van der Waals surface area contributed by atoms with Crippen molar-refractivity contribution >= 4 is 27.8 Å². The standard InChI is InChI=1S/C25H14N4O/c26-14-17(15-27)12-19-16-29(20-7-2-1-3-8-20)28-25(19)24-13-22-21-9-5-4-6-18(21)10-11-23(22)30-24/h1-13,16H. The molecule has 0 fully saturated rings. The van der Waals surface area contributed by atoms with Crippen molar-refractivity contribution in [2.45, 2.75) is 0 Å². The molecule has 0 radical (unpaired) electrons. The molecule has 3 aromatic carbocycles. The van der Waals surface area contributed by atoms with E-state index in [0.29, 0.717) is 17.0 Å². The van der Waals surface area contributed by atoms with Crippen LogP contribution in [-0.4, -0.2) is 9.78 Å². The number of aromatic nitrogens is 2. The average Bonchev–Trinajstić information content (AvgIpc) is 3.42. The van der Waals surface area contributed by atoms with E-state index in [1.807, 2.05) is 72.8 Å². The van der Waals surface area contributed by atoms with Gasteiger partial charge in [0.2, 0.25) is 0 Å². The highest BCUT2D eigenvalue weighted by Crippen LogP contribution is 2.34. The molecule has 5 rings (SSSR count). The van der Waals surface area contributed by atoms with Gasteiger partial charge in [0.15, 0.2) is 5.76 Å². The van der Waals surface area contributed by atoms with Crippen molar-refractivity contribution in [2.24, 2.45) is 0 Å². The van der Waals surface area contributed by atoms with Crippen molar-refractivity contribution in [1.29, 1.82) is 10.5 Å². The molecule has 2 aromatic heterocycles. The van der Waals surface area contributed by atoms with Gasteiger partial charge < -0.3 is 4.42 Å². The lowest BCUT2D eigenvalue weighted by Gasteiger charge is -1.98. The fraction of sp³-hybridized carbons (Fsp3) is 0. The van der Waals surface area contributed by atoms with E-state index in [2.05, 4.69) is 12.1 Å². The normalized spacial score (nSPS) is 10.6. The lowest BCUT2D eigenvalue weighted by molar-refractivity contribution is 0.627. The van der Waals surface area contributed by atoms with Gasteiger partial charge in [0.1, 0.15) is 29.0 Å². The van der Waals surface area contributed by atoms with Gasteiger partial charge in [0.05, 0.1) is 5.69 Å². The average molecular weight is 386 g/mol. The second kappa shape index (κ2) is 7.09. The zero-order chi connectivity index (χ0) is 20.5. The van der Waals surface area contributed by atoms with Crippen molar-refractivity contribution in [3.8, 4) is 29.3 Å². The van der Waals surface area contributed by atoms with Crippen LogP contribution in [0.5, 0.6) is 0 Å². The van der Waals surface area contributed by atoms with E-state index in [1.54, 1.807) is 10.9 Å². The molecule has 0 unspecified atom stereocenters. The molecule has 0 aliphatic heterocycles. The van der Waals surface area contributed by atoms with Crippen LogP contribution in [0.3, 0.4) is 0 Å². The van der Waals surface area contributed by atoms with Crippen LogP contribution in [0.1, 0.15) is 5.56 Å². The van der Waals surface area contributed by atoms with Crippen LogP contribution >= 0.6 is 0 Å². The summed E-state index contributed by atoms with van der Waals surface area (Å²) in [4.78, 5) is 0. The van der Waals surface area contributed by atoms with Crippen LogP contribution in [-0.2, 0) is 0 Å². The summed E-state index contributed by atoms with van der Waals surface area (Å²) in [6, 6.07) is 27.5. The maximum atomic E-state index is 9.21. The third kappa shape index (κ3) is 2.92. The molecule has 0 aliphatic rings. The number of para-hydroxylation sites is 1. The van der Waals surface area contributed by atoms with Gasteiger partial charge in [-0.2, -0.15) is 15.6 Å². The summed E-state index contributed by atoms with van der Waals surface area (Å²) in [7, 11) is 0. The summed E-state index contributed by atoms with van der Waals surface area (Å²) in [6.45, 7) is 0. The quantitative estimate of drug-likeness (QED) is 0.363. The Hall–Kier alpha value is -4.61. The van der Waals surface area contributed by atoms with Gasteiger partial charge >= 0.3 is 0 Å². The second-order valence-electron chi connectivity index (χ2n) is 6.80. The molecule has 30 heavy (non-hydrogen) atoms. The molecular formula is C25H14N4O.